The Kier molecular flexibility index (Phi) is 8.48. The lowest BCUT2D eigenvalue weighted by Crippen LogP contribution is -2.44. The van der Waals surface area contributed by atoms with Gasteiger partial charge in [0.15, 0.2) is 5.60 Å². The molecule has 0 aliphatic carbocycles. The summed E-state index contributed by atoms with van der Waals surface area (Å²) >= 11 is 3.51. The van der Waals surface area contributed by atoms with Gasteiger partial charge in [0.2, 0.25) is 5.91 Å². The average molecular weight is 657 g/mol. The van der Waals surface area contributed by atoms with E-state index in [1.54, 1.807) is 14.5 Å². The van der Waals surface area contributed by atoms with Crippen molar-refractivity contribution in [2.45, 2.75) is 44.4 Å². The average Bonchev–Trinajstić information content (AvgIpc) is 3.57. The van der Waals surface area contributed by atoms with Gasteiger partial charge in [-0.25, -0.2) is 0 Å². The SMILES string of the molecule is C[C@@H](/C=C/CCn1cc(C(CO)c2ccccc2)nn1)[C@]1(O)C(=O)N(Cc2cccc(N3CCC3=O)c2)c2ccc(Br)cc21. The maximum Gasteiger partial charge on any atom is 0.264 e. The van der Waals surface area contributed by atoms with E-state index in [1.165, 1.54) is 0 Å². The van der Waals surface area contributed by atoms with Crippen molar-refractivity contribution in [3.63, 3.8) is 0 Å². The third kappa shape index (κ3) is 5.60. The first-order chi connectivity index (χ1) is 21.3. The van der Waals surface area contributed by atoms with Crippen LogP contribution in [0.5, 0.6) is 0 Å². The van der Waals surface area contributed by atoms with Crippen LogP contribution in [-0.2, 0) is 28.3 Å². The number of hydrogen-bond acceptors (Lipinski definition) is 6. The molecular formula is C34H34BrN5O4. The zero-order valence-electron chi connectivity index (χ0n) is 24.4. The molecule has 3 atom stereocenters. The number of halogens is 1. The largest absolute Gasteiger partial charge is 0.395 e. The number of allylic oxidation sites excluding steroid dienone is 1. The summed E-state index contributed by atoms with van der Waals surface area (Å²) in [5.41, 5.74) is 2.85. The van der Waals surface area contributed by atoms with Gasteiger partial charge in [0.05, 0.1) is 30.5 Å². The molecule has 2 aliphatic heterocycles. The molecule has 10 heteroatoms. The molecule has 0 bridgehead atoms. The van der Waals surface area contributed by atoms with Gasteiger partial charge in [-0.1, -0.05) is 82.7 Å². The molecule has 0 saturated carbocycles. The zero-order valence-corrected chi connectivity index (χ0v) is 26.0. The third-order valence-electron chi connectivity index (χ3n) is 8.55. The highest BCUT2D eigenvalue weighted by molar-refractivity contribution is 9.10. The van der Waals surface area contributed by atoms with E-state index in [1.807, 2.05) is 98.1 Å². The van der Waals surface area contributed by atoms with Crippen LogP contribution in [0.2, 0.25) is 0 Å². The van der Waals surface area contributed by atoms with E-state index in [9.17, 15) is 19.8 Å². The van der Waals surface area contributed by atoms with Crippen molar-refractivity contribution in [1.29, 1.82) is 0 Å². The standard InChI is InChI=1S/C34H34BrN5O4/c1-23(8-5-6-16-38-21-30(36-37-38)28(22-41)25-10-3-2-4-11-25)34(44)29-19-26(35)13-14-31(29)40(33(34)43)20-24-9-7-12-27(18-24)39-17-15-32(39)42/h2-5,7-14,18-19,21,23,28,41,44H,6,15-17,20,22H2,1H3/b8-5+/t23-,28?,34+/m0/s1. The number of amides is 2. The molecule has 0 radical (unpaired) electrons. The van der Waals surface area contributed by atoms with Crippen molar-refractivity contribution < 1.29 is 19.8 Å². The van der Waals surface area contributed by atoms with Crippen molar-refractivity contribution >= 4 is 39.1 Å². The number of aromatic nitrogens is 3. The maximum absolute atomic E-state index is 14.0. The highest BCUT2D eigenvalue weighted by Crippen LogP contribution is 2.47. The van der Waals surface area contributed by atoms with E-state index in [2.05, 4.69) is 26.2 Å². The van der Waals surface area contributed by atoms with Crippen molar-refractivity contribution in [2.24, 2.45) is 5.92 Å². The monoisotopic (exact) mass is 655 g/mol. The van der Waals surface area contributed by atoms with Crippen LogP contribution in [0.4, 0.5) is 11.4 Å². The zero-order chi connectivity index (χ0) is 30.8. The van der Waals surface area contributed by atoms with Gasteiger partial charge in [-0.2, -0.15) is 0 Å². The molecule has 3 aromatic carbocycles. The molecule has 0 spiro atoms. The van der Waals surface area contributed by atoms with Crippen molar-refractivity contribution in [3.8, 4) is 0 Å². The minimum atomic E-state index is -1.74. The maximum atomic E-state index is 14.0. The molecule has 2 amide bonds. The van der Waals surface area contributed by atoms with Crippen LogP contribution >= 0.6 is 15.9 Å². The molecule has 3 heterocycles. The first-order valence-corrected chi connectivity index (χ1v) is 15.5. The van der Waals surface area contributed by atoms with Crippen LogP contribution in [0, 0.1) is 5.92 Å². The van der Waals surface area contributed by atoms with E-state index in [0.29, 0.717) is 42.9 Å². The molecule has 44 heavy (non-hydrogen) atoms. The third-order valence-corrected chi connectivity index (χ3v) is 9.04. The number of anilines is 2. The van der Waals surface area contributed by atoms with Gasteiger partial charge < -0.3 is 20.0 Å². The number of benzene rings is 3. The Hall–Kier alpha value is -4.12. The number of carbonyl (C=O) groups is 2. The fourth-order valence-corrected chi connectivity index (χ4v) is 6.31. The van der Waals surface area contributed by atoms with Gasteiger partial charge in [0, 0.05) is 47.3 Å². The Labute approximate surface area is 264 Å². The number of aliphatic hydroxyl groups is 2. The Bertz CT molecular complexity index is 1710. The fraction of sp³-hybridized carbons (Fsp3) is 0.294. The Morgan fingerprint density at radius 3 is 2.61 bits per heavy atom. The lowest BCUT2D eigenvalue weighted by molar-refractivity contribution is -0.139. The minimum absolute atomic E-state index is 0.0646. The summed E-state index contributed by atoms with van der Waals surface area (Å²) < 4.78 is 2.51. The lowest BCUT2D eigenvalue weighted by atomic mass is 9.83. The normalized spacial score (nSPS) is 19.4. The molecule has 226 valence electrons. The van der Waals surface area contributed by atoms with Crippen molar-refractivity contribution in [3.05, 3.63) is 118 Å². The summed E-state index contributed by atoms with van der Waals surface area (Å²) in [6.07, 6.45) is 6.83. The predicted molar refractivity (Wildman–Crippen MR) is 171 cm³/mol. The summed E-state index contributed by atoms with van der Waals surface area (Å²) in [7, 11) is 0. The summed E-state index contributed by atoms with van der Waals surface area (Å²) in [6, 6.07) is 22.9. The van der Waals surface area contributed by atoms with Crippen LogP contribution in [-0.4, -0.2) is 50.2 Å². The number of nitrogens with zero attached hydrogens (tertiary/aromatic N) is 5. The minimum Gasteiger partial charge on any atom is -0.395 e. The molecule has 2 N–H and O–H groups in total. The second kappa shape index (κ2) is 12.5. The van der Waals surface area contributed by atoms with Crippen LogP contribution in [0.15, 0.2) is 95.6 Å². The Morgan fingerprint density at radius 2 is 1.89 bits per heavy atom. The number of β-lactam (4-membered cyclic amide) rings is 1. The number of hydrogen-bond donors (Lipinski definition) is 2. The first-order valence-electron chi connectivity index (χ1n) is 14.8. The van der Waals surface area contributed by atoms with E-state index in [4.69, 9.17) is 0 Å². The first kappa shape index (κ1) is 29.9. The summed E-state index contributed by atoms with van der Waals surface area (Å²) in [5, 5.41) is 30.5. The van der Waals surface area contributed by atoms with Gasteiger partial charge in [0.1, 0.15) is 0 Å². The highest BCUT2D eigenvalue weighted by Gasteiger charge is 2.52. The van der Waals surface area contributed by atoms with Crippen LogP contribution in [0.1, 0.15) is 48.1 Å². The van der Waals surface area contributed by atoms with E-state index in [0.717, 1.165) is 21.3 Å². The molecule has 1 aromatic heterocycles. The van der Waals surface area contributed by atoms with Crippen LogP contribution in [0.25, 0.3) is 0 Å². The van der Waals surface area contributed by atoms with Crippen molar-refractivity contribution in [2.75, 3.05) is 23.0 Å². The van der Waals surface area contributed by atoms with Crippen molar-refractivity contribution in [1.82, 2.24) is 15.0 Å². The fourth-order valence-electron chi connectivity index (χ4n) is 5.95. The smallest absolute Gasteiger partial charge is 0.264 e. The van der Waals surface area contributed by atoms with Gasteiger partial charge >= 0.3 is 0 Å². The second-order valence-corrected chi connectivity index (χ2v) is 12.3. The van der Waals surface area contributed by atoms with E-state index < -0.39 is 11.5 Å². The molecular weight excluding hydrogens is 622 g/mol. The second-order valence-electron chi connectivity index (χ2n) is 11.3. The van der Waals surface area contributed by atoms with Gasteiger partial charge in [0.25, 0.3) is 5.91 Å². The van der Waals surface area contributed by atoms with Gasteiger partial charge in [-0.15, -0.1) is 5.10 Å². The van der Waals surface area contributed by atoms with Crippen LogP contribution < -0.4 is 9.80 Å². The van der Waals surface area contributed by atoms with E-state index >= 15 is 0 Å². The molecule has 1 saturated heterocycles. The molecule has 2 aliphatic rings. The lowest BCUT2D eigenvalue weighted by Gasteiger charge is -2.31. The number of aryl methyl sites for hydroxylation is 1. The quantitative estimate of drug-likeness (QED) is 0.175. The number of carbonyl (C=O) groups excluding carboxylic acids is 2. The van der Waals surface area contributed by atoms with Gasteiger partial charge in [-0.3, -0.25) is 14.3 Å². The van der Waals surface area contributed by atoms with Crippen LogP contribution in [0.3, 0.4) is 0 Å². The molecule has 9 nitrogen and oxygen atoms in total. The Morgan fingerprint density at radius 1 is 1.07 bits per heavy atom. The predicted octanol–water partition coefficient (Wildman–Crippen LogP) is 4.92. The molecule has 1 fully saturated rings. The number of aliphatic hydroxyl groups excluding tert-OH is 1. The number of fused-ring (bicyclic) bond motifs is 1. The molecule has 1 unspecified atom stereocenters. The number of rotatable bonds is 11. The topological polar surface area (TPSA) is 112 Å². The van der Waals surface area contributed by atoms with E-state index in [-0.39, 0.29) is 30.9 Å². The molecule has 6 rings (SSSR count). The Balaban J connectivity index is 1.15. The summed E-state index contributed by atoms with van der Waals surface area (Å²) in [6.45, 7) is 3.30. The highest BCUT2D eigenvalue weighted by atomic mass is 79.9. The summed E-state index contributed by atoms with van der Waals surface area (Å²) in [4.78, 5) is 29.3. The van der Waals surface area contributed by atoms with Gasteiger partial charge in [-0.05, 0) is 47.9 Å². The molecule has 4 aromatic rings. The summed E-state index contributed by atoms with van der Waals surface area (Å²) in [5.74, 6) is -1.05.